The lowest BCUT2D eigenvalue weighted by molar-refractivity contribution is -0.140. The van der Waals surface area contributed by atoms with Crippen LogP contribution in [0.1, 0.15) is 34.1 Å². The van der Waals surface area contributed by atoms with Gasteiger partial charge in [0.25, 0.3) is 5.91 Å². The predicted octanol–water partition coefficient (Wildman–Crippen LogP) is 0.882. The molecule has 0 aromatic heterocycles. The van der Waals surface area contributed by atoms with Crippen LogP contribution in [0.2, 0.25) is 0 Å². The Morgan fingerprint density at radius 3 is 2.45 bits per heavy atom. The van der Waals surface area contributed by atoms with Gasteiger partial charge in [-0.1, -0.05) is 26.8 Å². The third-order valence-corrected chi connectivity index (χ3v) is 4.90. The van der Waals surface area contributed by atoms with Crippen LogP contribution in [0.3, 0.4) is 0 Å². The molecule has 110 valence electrons. The van der Waals surface area contributed by atoms with Gasteiger partial charge in [0.2, 0.25) is 5.91 Å². The summed E-state index contributed by atoms with van der Waals surface area (Å²) in [5, 5.41) is 0. The SMILES string of the molecule is CC(=O)N1CC[C@H]2C(C)(C)C(=O)C(C(N)=O)=C[C@]2(C)C1. The average molecular weight is 278 g/mol. The number of carbonyl (C=O) groups excluding carboxylic acids is 3. The number of ketones is 1. The molecule has 2 N–H and O–H groups in total. The maximum Gasteiger partial charge on any atom is 0.252 e. The molecule has 1 aliphatic carbocycles. The zero-order chi connectivity index (χ0) is 15.3. The summed E-state index contributed by atoms with van der Waals surface area (Å²) in [4.78, 5) is 37.4. The molecule has 0 aromatic rings. The molecule has 0 aromatic carbocycles. The maximum atomic E-state index is 12.5. The van der Waals surface area contributed by atoms with Gasteiger partial charge >= 0.3 is 0 Å². The van der Waals surface area contributed by atoms with Gasteiger partial charge in [-0.15, -0.1) is 0 Å². The van der Waals surface area contributed by atoms with Crippen LogP contribution < -0.4 is 5.73 Å². The largest absolute Gasteiger partial charge is 0.365 e. The van der Waals surface area contributed by atoms with Gasteiger partial charge in [0, 0.05) is 30.8 Å². The smallest absolute Gasteiger partial charge is 0.252 e. The van der Waals surface area contributed by atoms with Gasteiger partial charge in [-0.3, -0.25) is 14.4 Å². The normalized spacial score (nSPS) is 32.4. The molecule has 0 saturated carbocycles. The van der Waals surface area contributed by atoms with Crippen molar-refractivity contribution >= 4 is 17.6 Å². The van der Waals surface area contributed by atoms with Crippen molar-refractivity contribution in [2.45, 2.75) is 34.1 Å². The highest BCUT2D eigenvalue weighted by Gasteiger charge is 2.54. The fourth-order valence-corrected chi connectivity index (χ4v) is 3.90. The molecule has 1 saturated heterocycles. The van der Waals surface area contributed by atoms with Crippen molar-refractivity contribution < 1.29 is 14.4 Å². The first kappa shape index (κ1) is 14.8. The number of piperidine rings is 1. The van der Waals surface area contributed by atoms with Gasteiger partial charge in [0.1, 0.15) is 0 Å². The van der Waals surface area contributed by atoms with Crippen LogP contribution >= 0.6 is 0 Å². The van der Waals surface area contributed by atoms with Crippen LogP contribution in [0.5, 0.6) is 0 Å². The van der Waals surface area contributed by atoms with Crippen molar-refractivity contribution in [2.75, 3.05) is 13.1 Å². The fraction of sp³-hybridized carbons (Fsp3) is 0.667. The van der Waals surface area contributed by atoms with Crippen LogP contribution in [0, 0.1) is 16.7 Å². The molecule has 1 heterocycles. The van der Waals surface area contributed by atoms with Crippen LogP contribution in [-0.4, -0.2) is 35.6 Å². The Morgan fingerprint density at radius 1 is 1.35 bits per heavy atom. The van der Waals surface area contributed by atoms with E-state index in [9.17, 15) is 14.4 Å². The molecule has 2 rings (SSSR count). The molecule has 20 heavy (non-hydrogen) atoms. The Hall–Kier alpha value is -1.65. The van der Waals surface area contributed by atoms with E-state index in [0.29, 0.717) is 13.1 Å². The van der Waals surface area contributed by atoms with Gasteiger partial charge in [0.05, 0.1) is 5.57 Å². The Labute approximate surface area is 119 Å². The van der Waals surface area contributed by atoms with Gasteiger partial charge in [-0.2, -0.15) is 0 Å². The van der Waals surface area contributed by atoms with E-state index in [2.05, 4.69) is 0 Å². The molecule has 1 fully saturated rings. The van der Waals surface area contributed by atoms with E-state index in [0.717, 1.165) is 6.42 Å². The predicted molar refractivity (Wildman–Crippen MR) is 74.5 cm³/mol. The molecular weight excluding hydrogens is 256 g/mol. The summed E-state index contributed by atoms with van der Waals surface area (Å²) in [6.07, 6.45) is 2.46. The van der Waals surface area contributed by atoms with Gasteiger partial charge in [0.15, 0.2) is 5.78 Å². The Kier molecular flexibility index (Phi) is 3.27. The number of carbonyl (C=O) groups is 3. The van der Waals surface area contributed by atoms with Gasteiger partial charge < -0.3 is 10.6 Å². The number of hydrogen-bond donors (Lipinski definition) is 1. The molecule has 5 heteroatoms. The van der Waals surface area contributed by atoms with Crippen LogP contribution in [0.15, 0.2) is 11.6 Å². The summed E-state index contributed by atoms with van der Waals surface area (Å²) in [5.74, 6) is -0.721. The third kappa shape index (κ3) is 2.05. The first-order valence-electron chi connectivity index (χ1n) is 6.92. The quantitative estimate of drug-likeness (QED) is 0.723. The number of amides is 2. The molecule has 0 bridgehead atoms. The number of Topliss-reactive ketones (excluding diaryl/α,β-unsaturated/α-hetero) is 1. The maximum absolute atomic E-state index is 12.5. The number of likely N-dealkylation sites (tertiary alicyclic amines) is 1. The van der Waals surface area contributed by atoms with Crippen molar-refractivity contribution in [3.8, 4) is 0 Å². The number of nitrogens with zero attached hydrogens (tertiary/aromatic N) is 1. The topological polar surface area (TPSA) is 80.5 Å². The zero-order valence-corrected chi connectivity index (χ0v) is 12.5. The molecule has 0 radical (unpaired) electrons. The average Bonchev–Trinajstić information content (AvgIpc) is 2.33. The van der Waals surface area contributed by atoms with Crippen LogP contribution in [0.25, 0.3) is 0 Å². The number of nitrogens with two attached hydrogens (primary N) is 1. The van der Waals surface area contributed by atoms with Crippen molar-refractivity contribution in [2.24, 2.45) is 22.5 Å². The van der Waals surface area contributed by atoms with Crippen molar-refractivity contribution in [3.05, 3.63) is 11.6 Å². The summed E-state index contributed by atoms with van der Waals surface area (Å²) in [6.45, 7) is 8.48. The first-order valence-corrected chi connectivity index (χ1v) is 6.92. The number of primary amides is 1. The lowest BCUT2D eigenvalue weighted by atomic mass is 9.54. The van der Waals surface area contributed by atoms with Crippen molar-refractivity contribution in [3.63, 3.8) is 0 Å². The number of hydrogen-bond acceptors (Lipinski definition) is 3. The summed E-state index contributed by atoms with van der Waals surface area (Å²) < 4.78 is 0. The number of rotatable bonds is 1. The zero-order valence-electron chi connectivity index (χ0n) is 12.5. The fourth-order valence-electron chi connectivity index (χ4n) is 3.90. The molecule has 2 amide bonds. The molecular formula is C15H22N2O3. The second-order valence-corrected chi connectivity index (χ2v) is 6.76. The molecule has 5 nitrogen and oxygen atoms in total. The third-order valence-electron chi connectivity index (χ3n) is 4.90. The second kappa shape index (κ2) is 4.43. The number of fused-ring (bicyclic) bond motifs is 1. The molecule has 1 aliphatic heterocycles. The molecule has 2 aliphatic rings. The Balaban J connectivity index is 2.50. The van der Waals surface area contributed by atoms with Crippen LogP contribution in [0.4, 0.5) is 0 Å². The minimum Gasteiger partial charge on any atom is -0.365 e. The Bertz CT molecular complexity index is 521. The molecule has 0 spiro atoms. The Morgan fingerprint density at radius 2 is 1.95 bits per heavy atom. The summed E-state index contributed by atoms with van der Waals surface area (Å²) in [5.41, 5.74) is 4.42. The minimum atomic E-state index is -0.678. The van der Waals surface area contributed by atoms with E-state index >= 15 is 0 Å². The van der Waals surface area contributed by atoms with E-state index in [-0.39, 0.29) is 28.6 Å². The summed E-state index contributed by atoms with van der Waals surface area (Å²) in [7, 11) is 0. The van der Waals surface area contributed by atoms with E-state index in [1.807, 2.05) is 20.8 Å². The highest BCUT2D eigenvalue weighted by molar-refractivity contribution is 6.21. The van der Waals surface area contributed by atoms with Gasteiger partial charge in [-0.05, 0) is 12.3 Å². The van der Waals surface area contributed by atoms with Crippen molar-refractivity contribution in [1.29, 1.82) is 0 Å². The highest BCUT2D eigenvalue weighted by Crippen LogP contribution is 2.51. The van der Waals surface area contributed by atoms with Crippen LogP contribution in [-0.2, 0) is 14.4 Å². The van der Waals surface area contributed by atoms with Gasteiger partial charge in [-0.25, -0.2) is 0 Å². The van der Waals surface area contributed by atoms with E-state index in [1.54, 1.807) is 17.9 Å². The highest BCUT2D eigenvalue weighted by atomic mass is 16.2. The monoisotopic (exact) mass is 278 g/mol. The minimum absolute atomic E-state index is 0.0217. The second-order valence-electron chi connectivity index (χ2n) is 6.76. The molecule has 0 unspecified atom stereocenters. The standard InChI is InChI=1S/C15H22N2O3/c1-9(18)17-6-5-11-14(2,3)12(19)10(13(16)20)7-15(11,4)8-17/h7,11H,5-6,8H2,1-4H3,(H2,16,20)/t11-,15+/m0/s1. The summed E-state index contributed by atoms with van der Waals surface area (Å²) in [6, 6.07) is 0. The lowest BCUT2D eigenvalue weighted by Gasteiger charge is -2.53. The van der Waals surface area contributed by atoms with E-state index in [4.69, 9.17) is 5.73 Å². The van der Waals surface area contributed by atoms with E-state index in [1.165, 1.54) is 0 Å². The first-order chi connectivity index (χ1) is 9.09. The van der Waals surface area contributed by atoms with Crippen molar-refractivity contribution in [1.82, 2.24) is 4.90 Å². The summed E-state index contributed by atoms with van der Waals surface area (Å²) >= 11 is 0. The van der Waals surface area contributed by atoms with E-state index < -0.39 is 11.3 Å². The lowest BCUT2D eigenvalue weighted by Crippen LogP contribution is -2.57. The molecule has 2 atom stereocenters.